The van der Waals surface area contributed by atoms with Crippen LogP contribution in [0.15, 0.2) is 237 Å². The van der Waals surface area contributed by atoms with Crippen molar-refractivity contribution < 1.29 is 0 Å². The number of aromatic nitrogens is 2. The summed E-state index contributed by atoms with van der Waals surface area (Å²) in [5, 5.41) is 7.33. The molecule has 2 heterocycles. The number of fused-ring (bicyclic) bond motifs is 7. The second-order valence-electron chi connectivity index (χ2n) is 15.8. The van der Waals surface area contributed by atoms with E-state index in [1.165, 1.54) is 65.5 Å². The van der Waals surface area contributed by atoms with Crippen LogP contribution in [-0.4, -0.2) is 9.13 Å². The van der Waals surface area contributed by atoms with E-state index >= 15 is 0 Å². The molecular formula is C58H39N3. The van der Waals surface area contributed by atoms with E-state index in [0.717, 1.165) is 39.6 Å². The molecule has 0 saturated carbocycles. The first kappa shape index (κ1) is 34.9. The molecule has 2 aromatic heterocycles. The molecule has 286 valence electrons. The summed E-state index contributed by atoms with van der Waals surface area (Å²) < 4.78 is 4.85. The van der Waals surface area contributed by atoms with Gasteiger partial charge in [-0.3, -0.25) is 0 Å². The van der Waals surface area contributed by atoms with Crippen molar-refractivity contribution in [3.8, 4) is 33.6 Å². The minimum absolute atomic E-state index is 1.07. The van der Waals surface area contributed by atoms with Crippen molar-refractivity contribution >= 4 is 71.4 Å². The summed E-state index contributed by atoms with van der Waals surface area (Å²) in [6, 6.07) is 86.2. The number of hydrogen-bond donors (Lipinski definition) is 0. The maximum absolute atomic E-state index is 2.45. The van der Waals surface area contributed by atoms with Gasteiger partial charge in [-0.05, 0) is 100 Å². The van der Waals surface area contributed by atoms with Crippen molar-refractivity contribution in [1.82, 2.24) is 9.13 Å². The third-order valence-corrected chi connectivity index (χ3v) is 12.2. The van der Waals surface area contributed by atoms with Crippen LogP contribution in [0.25, 0.3) is 88.0 Å². The summed E-state index contributed by atoms with van der Waals surface area (Å²) in [6.45, 7) is 0. The SMILES string of the molecule is c1ccc(-c2cccc(N(c3cc(-c4ccc5c6ccccc6n(-c6ccccc6)c5c4)cc(-n4c5ccccc5c5ccccc54)c3)c3cccc4ccccc34)c2)cc1. The van der Waals surface area contributed by atoms with Crippen molar-refractivity contribution in [2.75, 3.05) is 4.90 Å². The molecule has 3 nitrogen and oxygen atoms in total. The lowest BCUT2D eigenvalue weighted by molar-refractivity contribution is 1.17. The number of anilines is 3. The summed E-state index contributed by atoms with van der Waals surface area (Å²) in [4.78, 5) is 2.45. The van der Waals surface area contributed by atoms with Gasteiger partial charge in [-0.2, -0.15) is 0 Å². The van der Waals surface area contributed by atoms with Gasteiger partial charge in [0.05, 0.1) is 27.8 Å². The molecule has 0 atom stereocenters. The molecule has 0 bridgehead atoms. The Hall–Kier alpha value is -8.14. The Morgan fingerprint density at radius 1 is 0.262 bits per heavy atom. The van der Waals surface area contributed by atoms with Gasteiger partial charge in [0, 0.05) is 49.7 Å². The van der Waals surface area contributed by atoms with E-state index in [1.807, 2.05) is 0 Å². The smallest absolute Gasteiger partial charge is 0.0547 e. The molecule has 0 aliphatic heterocycles. The van der Waals surface area contributed by atoms with Crippen molar-refractivity contribution in [3.05, 3.63) is 237 Å². The third kappa shape index (κ3) is 5.82. The molecule has 12 aromatic rings. The fourth-order valence-electron chi connectivity index (χ4n) is 9.51. The van der Waals surface area contributed by atoms with E-state index in [0.29, 0.717) is 0 Å². The lowest BCUT2D eigenvalue weighted by Gasteiger charge is -2.28. The molecule has 0 N–H and O–H groups in total. The normalized spacial score (nSPS) is 11.6. The van der Waals surface area contributed by atoms with Gasteiger partial charge in [-0.25, -0.2) is 0 Å². The van der Waals surface area contributed by atoms with Gasteiger partial charge < -0.3 is 14.0 Å². The molecule has 0 aliphatic rings. The Morgan fingerprint density at radius 2 is 0.770 bits per heavy atom. The standard InChI is InChI=1S/C58H39N3/c1-3-17-40(18-4-1)42-21-15-24-46(35-42)59(54-32-16-20-41-19-7-8-25-49(41)54)47-36-44(37-48(39-47)61-56-30-13-9-26-50(56)51-27-10-14-31-57(51)61)43-33-34-53-52-28-11-12-29-55(52)60(58(53)38-43)45-22-5-2-6-23-45/h1-39H. The number of para-hydroxylation sites is 4. The molecule has 0 spiro atoms. The summed E-state index contributed by atoms with van der Waals surface area (Å²) in [5.74, 6) is 0. The monoisotopic (exact) mass is 777 g/mol. The Balaban J connectivity index is 1.17. The van der Waals surface area contributed by atoms with Crippen LogP contribution in [0, 0.1) is 0 Å². The van der Waals surface area contributed by atoms with Crippen molar-refractivity contribution in [2.24, 2.45) is 0 Å². The van der Waals surface area contributed by atoms with Gasteiger partial charge in [0.15, 0.2) is 0 Å². The summed E-state index contributed by atoms with van der Waals surface area (Å²) in [5.41, 5.74) is 14.9. The summed E-state index contributed by atoms with van der Waals surface area (Å²) in [6.07, 6.45) is 0. The Kier molecular flexibility index (Phi) is 8.17. The fraction of sp³-hybridized carbons (Fsp3) is 0. The first-order chi connectivity index (χ1) is 30.3. The quantitative estimate of drug-likeness (QED) is 0.157. The Labute approximate surface area is 354 Å². The van der Waals surface area contributed by atoms with Crippen LogP contribution in [0.3, 0.4) is 0 Å². The van der Waals surface area contributed by atoms with Gasteiger partial charge in [-0.15, -0.1) is 0 Å². The highest BCUT2D eigenvalue weighted by Crippen LogP contribution is 2.44. The fourth-order valence-corrected chi connectivity index (χ4v) is 9.51. The molecule has 0 radical (unpaired) electrons. The zero-order valence-electron chi connectivity index (χ0n) is 33.4. The molecule has 0 fully saturated rings. The van der Waals surface area contributed by atoms with Gasteiger partial charge in [-0.1, -0.05) is 164 Å². The topological polar surface area (TPSA) is 13.1 Å². The highest BCUT2D eigenvalue weighted by Gasteiger charge is 2.21. The predicted molar refractivity (Wildman–Crippen MR) is 258 cm³/mol. The van der Waals surface area contributed by atoms with Crippen LogP contribution in [0.2, 0.25) is 0 Å². The lowest BCUT2D eigenvalue weighted by atomic mass is 9.99. The molecule has 61 heavy (non-hydrogen) atoms. The van der Waals surface area contributed by atoms with Crippen LogP contribution in [0.5, 0.6) is 0 Å². The molecule has 0 saturated heterocycles. The van der Waals surface area contributed by atoms with E-state index in [2.05, 4.69) is 251 Å². The van der Waals surface area contributed by atoms with Gasteiger partial charge >= 0.3 is 0 Å². The molecule has 0 amide bonds. The molecule has 3 heteroatoms. The minimum Gasteiger partial charge on any atom is -0.310 e. The highest BCUT2D eigenvalue weighted by atomic mass is 15.1. The Bertz CT molecular complexity index is 3540. The number of nitrogens with zero attached hydrogens (tertiary/aromatic N) is 3. The zero-order chi connectivity index (χ0) is 40.3. The summed E-state index contributed by atoms with van der Waals surface area (Å²) >= 11 is 0. The molecule has 12 rings (SSSR count). The second kappa shape index (κ2) is 14.3. The number of rotatable bonds is 7. The van der Waals surface area contributed by atoms with Crippen LogP contribution >= 0.6 is 0 Å². The number of hydrogen-bond acceptors (Lipinski definition) is 1. The lowest BCUT2D eigenvalue weighted by Crippen LogP contribution is -2.11. The van der Waals surface area contributed by atoms with Crippen molar-refractivity contribution in [1.29, 1.82) is 0 Å². The van der Waals surface area contributed by atoms with E-state index in [9.17, 15) is 0 Å². The second-order valence-corrected chi connectivity index (χ2v) is 15.8. The number of benzene rings is 10. The van der Waals surface area contributed by atoms with E-state index in [1.54, 1.807) is 0 Å². The molecule has 0 unspecified atom stereocenters. The first-order valence-electron chi connectivity index (χ1n) is 20.9. The Morgan fingerprint density at radius 3 is 1.48 bits per heavy atom. The van der Waals surface area contributed by atoms with Crippen molar-refractivity contribution in [3.63, 3.8) is 0 Å². The van der Waals surface area contributed by atoms with Crippen LogP contribution in [0.4, 0.5) is 17.1 Å². The maximum atomic E-state index is 2.45. The highest BCUT2D eigenvalue weighted by molar-refractivity contribution is 6.11. The first-order valence-corrected chi connectivity index (χ1v) is 20.9. The van der Waals surface area contributed by atoms with E-state index < -0.39 is 0 Å². The third-order valence-electron chi connectivity index (χ3n) is 12.2. The maximum Gasteiger partial charge on any atom is 0.0547 e. The van der Waals surface area contributed by atoms with Crippen molar-refractivity contribution in [2.45, 2.75) is 0 Å². The predicted octanol–water partition coefficient (Wildman–Crippen LogP) is 15.8. The molecular weight excluding hydrogens is 739 g/mol. The van der Waals surface area contributed by atoms with Crippen LogP contribution < -0.4 is 4.90 Å². The minimum atomic E-state index is 1.07. The van der Waals surface area contributed by atoms with Crippen LogP contribution in [0.1, 0.15) is 0 Å². The van der Waals surface area contributed by atoms with E-state index in [4.69, 9.17) is 0 Å². The molecule has 0 aliphatic carbocycles. The molecule has 10 aromatic carbocycles. The average Bonchev–Trinajstić information content (AvgIpc) is 3.85. The van der Waals surface area contributed by atoms with Gasteiger partial charge in [0.1, 0.15) is 0 Å². The van der Waals surface area contributed by atoms with Crippen LogP contribution in [-0.2, 0) is 0 Å². The largest absolute Gasteiger partial charge is 0.310 e. The van der Waals surface area contributed by atoms with Gasteiger partial charge in [0.2, 0.25) is 0 Å². The van der Waals surface area contributed by atoms with Gasteiger partial charge in [0.25, 0.3) is 0 Å². The zero-order valence-corrected chi connectivity index (χ0v) is 33.4. The summed E-state index contributed by atoms with van der Waals surface area (Å²) in [7, 11) is 0. The van der Waals surface area contributed by atoms with E-state index in [-0.39, 0.29) is 0 Å². The average molecular weight is 778 g/mol.